The van der Waals surface area contributed by atoms with Gasteiger partial charge in [0.05, 0.1) is 6.61 Å². The number of hydrogen-bond donors (Lipinski definition) is 4. The van der Waals surface area contributed by atoms with Crippen LogP contribution in [0, 0.1) is 27.7 Å². The standard InChI is InChI=1S/C34H42N4O2/c1-9-24-21(7)33-22(8)34-25(10-2)19(5)29(37-34)17-28-20(6)26(12-13-32(39)40-11-3)30(36-28)15-23-14-18(4)27(35-23)16-31(24)38-33/h14-17,35-38H,9-13H2,1-8H3. The molecular weight excluding hydrogens is 496 g/mol. The van der Waals surface area contributed by atoms with Gasteiger partial charge in [0.15, 0.2) is 0 Å². The molecule has 4 aromatic rings. The normalized spacial score (nSPS) is 12.7. The Morgan fingerprint density at radius 1 is 0.725 bits per heavy atom. The molecule has 5 heterocycles. The third kappa shape index (κ3) is 4.80. The predicted molar refractivity (Wildman–Crippen MR) is 163 cm³/mol. The molecule has 0 aromatic carbocycles. The summed E-state index contributed by atoms with van der Waals surface area (Å²) in [7, 11) is 0. The smallest absolute Gasteiger partial charge is 0.306 e. The zero-order valence-electron chi connectivity index (χ0n) is 25.2. The second-order valence-corrected chi connectivity index (χ2v) is 11.0. The molecule has 8 bridgehead atoms. The highest BCUT2D eigenvalue weighted by Gasteiger charge is 2.18. The Morgan fingerprint density at radius 3 is 2.12 bits per heavy atom. The Kier molecular flexibility index (Phi) is 7.54. The highest BCUT2D eigenvalue weighted by Crippen LogP contribution is 2.25. The van der Waals surface area contributed by atoms with Crippen LogP contribution in [0.3, 0.4) is 0 Å². The Morgan fingerprint density at radius 2 is 1.43 bits per heavy atom. The van der Waals surface area contributed by atoms with Gasteiger partial charge in [-0.3, -0.25) is 4.79 Å². The SMILES string of the molecule is CCOC(=O)CCc1c2[nH]c(c1C)C=c1[nH]c(c(CC)c1C)=C(C)c1[nH]c(c(CC)c1C)C=c1[nH]c(cc1C)=C2. The van der Waals surface area contributed by atoms with Gasteiger partial charge in [-0.1, -0.05) is 13.8 Å². The Labute approximate surface area is 236 Å². The van der Waals surface area contributed by atoms with Crippen molar-refractivity contribution in [1.29, 1.82) is 0 Å². The highest BCUT2D eigenvalue weighted by molar-refractivity contribution is 5.71. The van der Waals surface area contributed by atoms with Crippen LogP contribution in [-0.2, 0) is 28.8 Å². The van der Waals surface area contributed by atoms with Crippen molar-refractivity contribution in [2.75, 3.05) is 6.61 Å². The number of hydrogen-bond acceptors (Lipinski definition) is 2. The summed E-state index contributed by atoms with van der Waals surface area (Å²) in [6, 6.07) is 2.19. The van der Waals surface area contributed by atoms with Crippen LogP contribution in [0.2, 0.25) is 0 Å². The molecule has 0 fully saturated rings. The molecule has 4 aromatic heterocycles. The topological polar surface area (TPSA) is 89.5 Å². The van der Waals surface area contributed by atoms with Gasteiger partial charge >= 0.3 is 5.97 Å². The van der Waals surface area contributed by atoms with Crippen LogP contribution in [0.5, 0.6) is 0 Å². The number of aryl methyl sites for hydroxylation is 1. The molecule has 210 valence electrons. The third-order valence-corrected chi connectivity index (χ3v) is 8.58. The van der Waals surface area contributed by atoms with E-state index in [1.54, 1.807) is 0 Å². The molecule has 0 atom stereocenters. The Balaban J connectivity index is 1.85. The molecule has 40 heavy (non-hydrogen) atoms. The van der Waals surface area contributed by atoms with Crippen LogP contribution in [-0.4, -0.2) is 32.5 Å². The van der Waals surface area contributed by atoms with E-state index in [4.69, 9.17) is 4.74 Å². The van der Waals surface area contributed by atoms with E-state index in [9.17, 15) is 4.79 Å². The number of carbonyl (C=O) groups is 1. The zero-order chi connectivity index (χ0) is 28.7. The van der Waals surface area contributed by atoms with Crippen LogP contribution in [0.4, 0.5) is 0 Å². The van der Waals surface area contributed by atoms with Gasteiger partial charge in [0.25, 0.3) is 0 Å². The zero-order valence-corrected chi connectivity index (χ0v) is 25.2. The van der Waals surface area contributed by atoms with E-state index in [1.165, 1.54) is 44.4 Å². The summed E-state index contributed by atoms with van der Waals surface area (Å²) in [5.74, 6) is -0.166. The van der Waals surface area contributed by atoms with Crippen molar-refractivity contribution in [2.45, 2.75) is 81.1 Å². The van der Waals surface area contributed by atoms with Crippen LogP contribution in [0.25, 0.3) is 23.8 Å². The molecular formula is C34H42N4O2. The first-order valence-electron chi connectivity index (χ1n) is 14.5. The largest absolute Gasteiger partial charge is 0.466 e. The van der Waals surface area contributed by atoms with Crippen LogP contribution in [0.1, 0.15) is 95.8 Å². The van der Waals surface area contributed by atoms with Gasteiger partial charge in [-0.15, -0.1) is 0 Å². The average molecular weight is 539 g/mol. The fourth-order valence-electron chi connectivity index (χ4n) is 6.30. The van der Waals surface area contributed by atoms with Gasteiger partial charge in [-0.25, -0.2) is 0 Å². The summed E-state index contributed by atoms with van der Waals surface area (Å²) in [4.78, 5) is 27.1. The first-order valence-corrected chi connectivity index (χ1v) is 14.5. The molecule has 4 N–H and O–H groups in total. The lowest BCUT2D eigenvalue weighted by Crippen LogP contribution is -2.16. The van der Waals surface area contributed by atoms with E-state index in [1.807, 2.05) is 6.92 Å². The van der Waals surface area contributed by atoms with Gasteiger partial charge in [0.1, 0.15) is 0 Å². The number of aromatic amines is 4. The molecule has 0 saturated carbocycles. The van der Waals surface area contributed by atoms with E-state index in [-0.39, 0.29) is 5.97 Å². The molecule has 6 nitrogen and oxygen atoms in total. The lowest BCUT2D eigenvalue weighted by molar-refractivity contribution is -0.143. The van der Waals surface area contributed by atoms with Crippen molar-refractivity contribution in [2.24, 2.45) is 0 Å². The maximum Gasteiger partial charge on any atom is 0.306 e. The van der Waals surface area contributed by atoms with Gasteiger partial charge in [0, 0.05) is 50.6 Å². The number of aromatic nitrogens is 4. The number of H-pyrrole nitrogens is 4. The Hall–Kier alpha value is -3.93. The fraction of sp³-hybridized carbons (Fsp3) is 0.382. The first-order chi connectivity index (χ1) is 19.2. The average Bonchev–Trinajstić information content (AvgIpc) is 3.61. The summed E-state index contributed by atoms with van der Waals surface area (Å²) in [5, 5.41) is 4.41. The van der Waals surface area contributed by atoms with Gasteiger partial charge in [-0.05, 0) is 130 Å². The quantitative estimate of drug-likeness (QED) is 0.281. The second-order valence-electron chi connectivity index (χ2n) is 11.0. The Bertz CT molecular complexity index is 1850. The lowest BCUT2D eigenvalue weighted by atomic mass is 10.0. The molecule has 0 spiro atoms. The van der Waals surface area contributed by atoms with Crippen molar-refractivity contribution in [3.63, 3.8) is 0 Å². The third-order valence-electron chi connectivity index (χ3n) is 8.58. The van der Waals surface area contributed by atoms with E-state index in [0.717, 1.165) is 57.1 Å². The van der Waals surface area contributed by atoms with Crippen molar-refractivity contribution in [3.05, 3.63) is 89.2 Å². The number of ether oxygens (including phenoxy) is 1. The second kappa shape index (κ2) is 10.9. The van der Waals surface area contributed by atoms with E-state index in [2.05, 4.69) is 92.7 Å². The molecule has 5 rings (SSSR count). The molecule has 1 aliphatic rings. The molecule has 1 aliphatic heterocycles. The molecule has 0 amide bonds. The number of nitrogens with one attached hydrogen (secondary N) is 4. The summed E-state index contributed by atoms with van der Waals surface area (Å²) in [5.41, 5.74) is 14.4. The predicted octanol–water partition coefficient (Wildman–Crippen LogP) is 3.87. The number of esters is 1. The monoisotopic (exact) mass is 538 g/mol. The first kappa shape index (κ1) is 27.6. The van der Waals surface area contributed by atoms with Gasteiger partial charge in [-0.2, -0.15) is 0 Å². The summed E-state index contributed by atoms with van der Waals surface area (Å²) in [6.07, 6.45) is 9.50. The molecule has 0 unspecified atom stereocenters. The van der Waals surface area contributed by atoms with Gasteiger partial charge < -0.3 is 24.7 Å². The highest BCUT2D eigenvalue weighted by atomic mass is 16.5. The molecule has 0 radical (unpaired) electrons. The van der Waals surface area contributed by atoms with Crippen LogP contribution in [0.15, 0.2) is 6.07 Å². The minimum atomic E-state index is -0.166. The van der Waals surface area contributed by atoms with E-state index in [0.29, 0.717) is 19.4 Å². The number of carbonyl (C=O) groups excluding carboxylic acids is 1. The molecule has 0 aliphatic carbocycles. The van der Waals surface area contributed by atoms with Crippen LogP contribution < -0.4 is 21.4 Å². The maximum absolute atomic E-state index is 12.3. The minimum absolute atomic E-state index is 0.166. The number of rotatable bonds is 6. The maximum atomic E-state index is 12.3. The summed E-state index contributed by atoms with van der Waals surface area (Å²) < 4.78 is 5.23. The summed E-state index contributed by atoms with van der Waals surface area (Å²) >= 11 is 0. The lowest BCUT2D eigenvalue weighted by Gasteiger charge is -2.03. The van der Waals surface area contributed by atoms with Crippen molar-refractivity contribution < 1.29 is 9.53 Å². The minimum Gasteiger partial charge on any atom is -0.466 e. The van der Waals surface area contributed by atoms with Gasteiger partial charge in [0.2, 0.25) is 0 Å². The van der Waals surface area contributed by atoms with E-state index >= 15 is 0 Å². The fourth-order valence-corrected chi connectivity index (χ4v) is 6.30. The van der Waals surface area contributed by atoms with Crippen molar-refractivity contribution in [3.8, 4) is 0 Å². The molecule has 6 heteroatoms. The number of fused-ring (bicyclic) bond motifs is 8. The van der Waals surface area contributed by atoms with E-state index < -0.39 is 0 Å². The molecule has 0 saturated heterocycles. The van der Waals surface area contributed by atoms with Crippen molar-refractivity contribution in [1.82, 2.24) is 19.9 Å². The van der Waals surface area contributed by atoms with Crippen molar-refractivity contribution >= 4 is 29.8 Å². The van der Waals surface area contributed by atoms with Crippen LogP contribution >= 0.6 is 0 Å². The summed E-state index contributed by atoms with van der Waals surface area (Å²) in [6.45, 7) is 17.6.